The molecule has 1 N–H and O–H groups in total. The second-order valence-electron chi connectivity index (χ2n) is 6.69. The molecule has 0 aliphatic heterocycles. The van der Waals surface area contributed by atoms with Gasteiger partial charge < -0.3 is 14.2 Å². The normalized spacial score (nSPS) is 14.8. The Kier molecular flexibility index (Phi) is 6.99. The molecular formula is C19H22ClN3O6S. The third kappa shape index (κ3) is 5.11. The molecule has 2 aromatic rings. The molecule has 11 heteroatoms. The summed E-state index contributed by atoms with van der Waals surface area (Å²) in [5.41, 5.74) is -0.135. The van der Waals surface area contributed by atoms with E-state index in [1.165, 1.54) is 32.4 Å². The van der Waals surface area contributed by atoms with Crippen LogP contribution in [-0.4, -0.2) is 43.8 Å². The van der Waals surface area contributed by atoms with Gasteiger partial charge in [0.25, 0.3) is 5.91 Å². The second kappa shape index (κ2) is 9.48. The van der Waals surface area contributed by atoms with Gasteiger partial charge in [-0.25, -0.2) is 13.1 Å². The van der Waals surface area contributed by atoms with Crippen LogP contribution in [0.1, 0.15) is 42.5 Å². The van der Waals surface area contributed by atoms with Gasteiger partial charge in [-0.2, -0.15) is 9.97 Å². The lowest BCUT2D eigenvalue weighted by Crippen LogP contribution is -2.39. The van der Waals surface area contributed by atoms with Gasteiger partial charge in [0, 0.05) is 0 Å². The van der Waals surface area contributed by atoms with Gasteiger partial charge in [0.15, 0.2) is 0 Å². The number of aromatic nitrogens is 2. The first-order valence-corrected chi connectivity index (χ1v) is 11.3. The average Bonchev–Trinajstić information content (AvgIpc) is 2.73. The number of hydrogen-bond acceptors (Lipinski definition) is 8. The SMILES string of the molecule is COc1cc(OC)nc(Oc2cccc(Cl)c2C(=O)NS(=O)(=O)C2CCCCC2)n1. The van der Waals surface area contributed by atoms with Crippen molar-refractivity contribution in [1.29, 1.82) is 0 Å². The number of hydrogen-bond donors (Lipinski definition) is 1. The minimum Gasteiger partial charge on any atom is -0.481 e. The molecule has 1 amide bonds. The van der Waals surface area contributed by atoms with Crippen LogP contribution in [0.2, 0.25) is 5.02 Å². The first-order chi connectivity index (χ1) is 14.3. The molecule has 30 heavy (non-hydrogen) atoms. The van der Waals surface area contributed by atoms with Crippen molar-refractivity contribution in [3.8, 4) is 23.5 Å². The lowest BCUT2D eigenvalue weighted by molar-refractivity contribution is 0.0978. The topological polar surface area (TPSA) is 117 Å². The van der Waals surface area contributed by atoms with Crippen LogP contribution in [0.15, 0.2) is 24.3 Å². The number of benzene rings is 1. The Hall–Kier alpha value is -2.59. The summed E-state index contributed by atoms with van der Waals surface area (Å²) in [6.07, 6.45) is 3.66. The summed E-state index contributed by atoms with van der Waals surface area (Å²) in [6.45, 7) is 0. The summed E-state index contributed by atoms with van der Waals surface area (Å²) >= 11 is 6.20. The van der Waals surface area contributed by atoms with Gasteiger partial charge in [-0.1, -0.05) is 36.9 Å². The summed E-state index contributed by atoms with van der Waals surface area (Å²) in [6, 6.07) is 5.78. The molecule has 1 saturated carbocycles. The largest absolute Gasteiger partial charge is 0.481 e. The Morgan fingerprint density at radius 1 is 1.10 bits per heavy atom. The van der Waals surface area contributed by atoms with E-state index in [-0.39, 0.29) is 34.1 Å². The molecule has 0 unspecified atom stereocenters. The highest BCUT2D eigenvalue weighted by molar-refractivity contribution is 7.90. The number of carbonyl (C=O) groups is 1. The molecule has 0 spiro atoms. The summed E-state index contributed by atoms with van der Waals surface area (Å²) in [5, 5.41) is -0.577. The highest BCUT2D eigenvalue weighted by Crippen LogP contribution is 2.31. The number of carbonyl (C=O) groups excluding carboxylic acids is 1. The van der Waals surface area contributed by atoms with E-state index in [9.17, 15) is 13.2 Å². The van der Waals surface area contributed by atoms with E-state index in [1.54, 1.807) is 6.07 Å². The van der Waals surface area contributed by atoms with Gasteiger partial charge in [-0.05, 0) is 25.0 Å². The summed E-state index contributed by atoms with van der Waals surface area (Å²) in [5.74, 6) is -0.514. The van der Waals surface area contributed by atoms with Gasteiger partial charge in [-0.15, -0.1) is 0 Å². The van der Waals surface area contributed by atoms with E-state index in [1.807, 2.05) is 0 Å². The molecule has 1 aromatic carbocycles. The Morgan fingerprint density at radius 2 is 1.73 bits per heavy atom. The van der Waals surface area contributed by atoms with E-state index in [0.717, 1.165) is 19.3 Å². The summed E-state index contributed by atoms with van der Waals surface area (Å²) < 4.78 is 43.2. The fraction of sp³-hybridized carbons (Fsp3) is 0.421. The average molecular weight is 456 g/mol. The van der Waals surface area contributed by atoms with Crippen molar-refractivity contribution in [3.63, 3.8) is 0 Å². The molecule has 3 rings (SSSR count). The molecule has 162 valence electrons. The van der Waals surface area contributed by atoms with Crippen molar-refractivity contribution >= 4 is 27.5 Å². The van der Waals surface area contributed by atoms with Crippen molar-refractivity contribution in [2.75, 3.05) is 14.2 Å². The number of nitrogens with zero attached hydrogens (tertiary/aromatic N) is 2. The molecule has 1 aliphatic carbocycles. The zero-order valence-corrected chi connectivity index (χ0v) is 18.1. The van der Waals surface area contributed by atoms with Crippen molar-refractivity contribution in [1.82, 2.24) is 14.7 Å². The number of sulfonamides is 1. The van der Waals surface area contributed by atoms with Crippen molar-refractivity contribution < 1.29 is 27.4 Å². The number of methoxy groups -OCH3 is 2. The van der Waals surface area contributed by atoms with E-state index in [4.69, 9.17) is 25.8 Å². The zero-order valence-electron chi connectivity index (χ0n) is 16.6. The molecular weight excluding hydrogens is 434 g/mol. The molecule has 1 aromatic heterocycles. The van der Waals surface area contributed by atoms with Gasteiger partial charge in [-0.3, -0.25) is 4.79 Å². The lowest BCUT2D eigenvalue weighted by atomic mass is 10.0. The van der Waals surface area contributed by atoms with Crippen LogP contribution in [-0.2, 0) is 10.0 Å². The van der Waals surface area contributed by atoms with Crippen LogP contribution in [0.4, 0.5) is 0 Å². The Labute approximate surface area is 179 Å². The lowest BCUT2D eigenvalue weighted by Gasteiger charge is -2.22. The zero-order chi connectivity index (χ0) is 21.7. The van der Waals surface area contributed by atoms with E-state index >= 15 is 0 Å². The molecule has 1 aliphatic rings. The van der Waals surface area contributed by atoms with Crippen LogP contribution >= 0.6 is 11.6 Å². The fourth-order valence-corrected chi connectivity index (χ4v) is 4.92. The minimum atomic E-state index is -3.84. The smallest absolute Gasteiger partial charge is 0.328 e. The van der Waals surface area contributed by atoms with Crippen LogP contribution in [0.5, 0.6) is 23.5 Å². The monoisotopic (exact) mass is 455 g/mol. The first kappa shape index (κ1) is 22.1. The minimum absolute atomic E-state index is 0.00542. The maximum Gasteiger partial charge on any atom is 0.328 e. The highest BCUT2D eigenvalue weighted by Gasteiger charge is 2.31. The highest BCUT2D eigenvalue weighted by atomic mass is 35.5. The van der Waals surface area contributed by atoms with Crippen LogP contribution < -0.4 is 18.9 Å². The van der Waals surface area contributed by atoms with Gasteiger partial charge in [0.1, 0.15) is 11.3 Å². The Bertz CT molecular complexity index is 1000. The van der Waals surface area contributed by atoms with Crippen molar-refractivity contribution in [2.45, 2.75) is 37.4 Å². The van der Waals surface area contributed by atoms with Crippen molar-refractivity contribution in [3.05, 3.63) is 34.9 Å². The molecule has 0 bridgehead atoms. The van der Waals surface area contributed by atoms with Gasteiger partial charge in [0.2, 0.25) is 21.8 Å². The third-order valence-electron chi connectivity index (χ3n) is 4.71. The Balaban J connectivity index is 1.89. The second-order valence-corrected chi connectivity index (χ2v) is 9.05. The van der Waals surface area contributed by atoms with E-state index < -0.39 is 21.2 Å². The van der Waals surface area contributed by atoms with Gasteiger partial charge in [0.05, 0.1) is 30.6 Å². The summed E-state index contributed by atoms with van der Waals surface area (Å²) in [4.78, 5) is 20.9. The fourth-order valence-electron chi connectivity index (χ4n) is 3.19. The molecule has 9 nitrogen and oxygen atoms in total. The predicted molar refractivity (Wildman–Crippen MR) is 110 cm³/mol. The first-order valence-electron chi connectivity index (χ1n) is 9.33. The number of nitrogens with one attached hydrogen (secondary N) is 1. The molecule has 0 atom stereocenters. The number of ether oxygens (including phenoxy) is 3. The standard InChI is InChI=1S/C19H22ClN3O6S/c1-27-15-11-16(28-2)22-19(21-15)29-14-10-6-9-13(20)17(14)18(24)23-30(25,26)12-7-4-3-5-8-12/h6,9-12H,3-5,7-8H2,1-2H3,(H,23,24). The number of halogens is 1. The predicted octanol–water partition coefficient (Wildman–Crippen LogP) is 3.33. The van der Waals surface area contributed by atoms with E-state index in [0.29, 0.717) is 12.8 Å². The number of rotatable bonds is 7. The third-order valence-corrected chi connectivity index (χ3v) is 6.84. The number of amides is 1. The van der Waals surface area contributed by atoms with Crippen LogP contribution in [0.3, 0.4) is 0 Å². The van der Waals surface area contributed by atoms with Crippen LogP contribution in [0.25, 0.3) is 0 Å². The van der Waals surface area contributed by atoms with Gasteiger partial charge >= 0.3 is 6.01 Å². The Morgan fingerprint density at radius 3 is 2.33 bits per heavy atom. The molecule has 0 saturated heterocycles. The maximum atomic E-state index is 12.8. The van der Waals surface area contributed by atoms with Crippen LogP contribution in [0, 0.1) is 0 Å². The summed E-state index contributed by atoms with van der Waals surface area (Å²) in [7, 11) is -1.01. The maximum absolute atomic E-state index is 12.8. The molecule has 1 fully saturated rings. The molecule has 1 heterocycles. The molecule has 0 radical (unpaired) electrons. The van der Waals surface area contributed by atoms with Crippen molar-refractivity contribution in [2.24, 2.45) is 0 Å². The quantitative estimate of drug-likeness (QED) is 0.675. The van der Waals surface area contributed by atoms with E-state index in [2.05, 4.69) is 14.7 Å².